The molecule has 3 heterocycles. The van der Waals surface area contributed by atoms with Crippen molar-refractivity contribution in [3.63, 3.8) is 0 Å². The van der Waals surface area contributed by atoms with Gasteiger partial charge in [-0.15, -0.1) is 0 Å². The Labute approximate surface area is 181 Å². The van der Waals surface area contributed by atoms with E-state index >= 15 is 0 Å². The van der Waals surface area contributed by atoms with Gasteiger partial charge in [0.1, 0.15) is 0 Å². The van der Waals surface area contributed by atoms with Crippen molar-refractivity contribution < 1.29 is 9.90 Å². The molecule has 30 heavy (non-hydrogen) atoms. The van der Waals surface area contributed by atoms with E-state index in [4.69, 9.17) is 12.2 Å². The molecular weight excluding hydrogens is 396 g/mol. The van der Waals surface area contributed by atoms with E-state index in [2.05, 4.69) is 39.7 Å². The number of carbonyl (C=O) groups is 1. The van der Waals surface area contributed by atoms with E-state index in [1.165, 1.54) is 0 Å². The lowest BCUT2D eigenvalue weighted by Gasteiger charge is -2.30. The van der Waals surface area contributed by atoms with Gasteiger partial charge in [-0.3, -0.25) is 4.98 Å². The second-order valence-corrected chi connectivity index (χ2v) is 8.21. The molecule has 1 aliphatic heterocycles. The van der Waals surface area contributed by atoms with Crippen LogP contribution in [0.1, 0.15) is 47.7 Å². The topological polar surface area (TPSA) is 70.4 Å². The third kappa shape index (κ3) is 3.80. The van der Waals surface area contributed by atoms with Crippen molar-refractivity contribution in [3.8, 4) is 5.69 Å². The highest BCUT2D eigenvalue weighted by atomic mass is 32.1. The maximum Gasteiger partial charge on any atom is 0.335 e. The predicted molar refractivity (Wildman–Crippen MR) is 120 cm³/mol. The Bertz CT molecular complexity index is 1050. The van der Waals surface area contributed by atoms with E-state index in [1.807, 2.05) is 42.6 Å². The Morgan fingerprint density at radius 3 is 2.57 bits per heavy atom. The molecule has 0 radical (unpaired) electrons. The fourth-order valence-corrected chi connectivity index (χ4v) is 4.27. The number of rotatable bonds is 6. The number of carboxylic acid groups (broad SMARTS) is 1. The minimum absolute atomic E-state index is 0.0380. The molecule has 3 aromatic rings. The van der Waals surface area contributed by atoms with E-state index in [-0.39, 0.29) is 17.6 Å². The summed E-state index contributed by atoms with van der Waals surface area (Å²) in [5, 5.41) is 13.4. The molecule has 1 fully saturated rings. The lowest BCUT2D eigenvalue weighted by Crippen LogP contribution is -2.33. The molecule has 0 bridgehead atoms. The van der Waals surface area contributed by atoms with E-state index in [0.29, 0.717) is 5.92 Å². The lowest BCUT2D eigenvalue weighted by molar-refractivity contribution is 0.0697. The Hall–Kier alpha value is -3.19. The van der Waals surface area contributed by atoms with Crippen LogP contribution in [-0.2, 0) is 0 Å². The van der Waals surface area contributed by atoms with Crippen LogP contribution in [0.25, 0.3) is 5.69 Å². The van der Waals surface area contributed by atoms with Crippen molar-refractivity contribution >= 4 is 23.3 Å². The highest BCUT2D eigenvalue weighted by Gasteiger charge is 2.41. The van der Waals surface area contributed by atoms with Gasteiger partial charge < -0.3 is 19.9 Å². The van der Waals surface area contributed by atoms with Crippen LogP contribution in [0.5, 0.6) is 0 Å². The quantitative estimate of drug-likeness (QED) is 0.583. The van der Waals surface area contributed by atoms with Crippen LogP contribution in [0.15, 0.2) is 67.0 Å². The van der Waals surface area contributed by atoms with Gasteiger partial charge in [-0.25, -0.2) is 4.79 Å². The van der Waals surface area contributed by atoms with Gasteiger partial charge in [0.2, 0.25) is 0 Å². The second kappa shape index (κ2) is 8.28. The van der Waals surface area contributed by atoms with Gasteiger partial charge >= 0.3 is 5.97 Å². The van der Waals surface area contributed by atoms with Crippen molar-refractivity contribution in [1.82, 2.24) is 19.8 Å². The summed E-state index contributed by atoms with van der Waals surface area (Å²) in [5.74, 6) is -0.494. The van der Waals surface area contributed by atoms with E-state index in [9.17, 15) is 9.90 Å². The van der Waals surface area contributed by atoms with Crippen molar-refractivity contribution in [3.05, 3.63) is 83.9 Å². The van der Waals surface area contributed by atoms with Crippen LogP contribution in [-0.4, -0.2) is 37.2 Å². The number of hydrogen-bond donors (Lipinski definition) is 2. The van der Waals surface area contributed by atoms with Crippen LogP contribution < -0.4 is 5.32 Å². The van der Waals surface area contributed by atoms with E-state index < -0.39 is 5.97 Å². The van der Waals surface area contributed by atoms with Gasteiger partial charge in [0, 0.05) is 30.3 Å². The summed E-state index contributed by atoms with van der Waals surface area (Å²) in [6.45, 7) is 5.18. The summed E-state index contributed by atoms with van der Waals surface area (Å²) in [7, 11) is 0. The fraction of sp³-hybridized carbons (Fsp3) is 0.261. The van der Waals surface area contributed by atoms with Gasteiger partial charge in [0.15, 0.2) is 5.11 Å². The number of pyridine rings is 1. The first kappa shape index (κ1) is 20.1. The largest absolute Gasteiger partial charge is 0.478 e. The van der Waals surface area contributed by atoms with Crippen LogP contribution in [0.4, 0.5) is 0 Å². The number of benzene rings is 1. The second-order valence-electron chi connectivity index (χ2n) is 7.83. The van der Waals surface area contributed by atoms with Crippen LogP contribution in [0.2, 0.25) is 0 Å². The molecule has 0 amide bonds. The number of thiocarbonyl (C=S) groups is 1. The molecule has 0 spiro atoms. The summed E-state index contributed by atoms with van der Waals surface area (Å²) >= 11 is 5.71. The maximum atomic E-state index is 11.2. The number of hydrogen-bond acceptors (Lipinski definition) is 3. The zero-order valence-electron chi connectivity index (χ0n) is 16.9. The lowest BCUT2D eigenvalue weighted by atomic mass is 10.0. The molecule has 2 aromatic heterocycles. The zero-order chi connectivity index (χ0) is 21.3. The first-order valence-corrected chi connectivity index (χ1v) is 10.4. The standard InChI is InChI=1S/C23H24N4O2S/c1-15(2)14-27-21(20(25-23(27)30)18-6-3-4-12-24-18)19-7-5-13-26(19)17-10-8-16(9-11-17)22(28)29/h3-13,15,20-21H,14H2,1-2H3,(H,25,30)(H,28,29)/t20-,21+/m1/s1. The summed E-state index contributed by atoms with van der Waals surface area (Å²) in [4.78, 5) is 18.0. The third-order valence-corrected chi connectivity index (χ3v) is 5.59. The summed E-state index contributed by atoms with van der Waals surface area (Å²) in [6.07, 6.45) is 3.79. The minimum Gasteiger partial charge on any atom is -0.478 e. The highest BCUT2D eigenvalue weighted by molar-refractivity contribution is 7.80. The molecule has 6 nitrogen and oxygen atoms in total. The monoisotopic (exact) mass is 420 g/mol. The number of nitrogens with zero attached hydrogens (tertiary/aromatic N) is 3. The van der Waals surface area contributed by atoms with Crippen molar-refractivity contribution in [2.45, 2.75) is 25.9 Å². The first-order chi connectivity index (χ1) is 14.5. The van der Waals surface area contributed by atoms with Crippen molar-refractivity contribution in [2.24, 2.45) is 5.92 Å². The average molecular weight is 421 g/mol. The minimum atomic E-state index is -0.932. The Morgan fingerprint density at radius 2 is 1.93 bits per heavy atom. The third-order valence-electron chi connectivity index (χ3n) is 5.24. The first-order valence-electron chi connectivity index (χ1n) is 9.94. The van der Waals surface area contributed by atoms with Gasteiger partial charge in [0.05, 0.1) is 23.3 Å². The van der Waals surface area contributed by atoms with Crippen molar-refractivity contribution in [2.75, 3.05) is 6.54 Å². The molecular formula is C23H24N4O2S. The number of nitrogens with one attached hydrogen (secondary N) is 1. The molecule has 0 saturated carbocycles. The molecule has 1 aliphatic rings. The van der Waals surface area contributed by atoms with E-state index in [1.54, 1.807) is 18.3 Å². The SMILES string of the molecule is CC(C)CN1C(=S)N[C@H](c2ccccn2)[C@@H]1c1cccn1-c1ccc(C(=O)O)cc1. The van der Waals surface area contributed by atoms with Crippen LogP contribution in [0.3, 0.4) is 0 Å². The summed E-state index contributed by atoms with van der Waals surface area (Å²) < 4.78 is 2.09. The number of carboxylic acids is 1. The average Bonchev–Trinajstić information content (AvgIpc) is 3.33. The molecule has 4 rings (SSSR count). The van der Waals surface area contributed by atoms with Crippen LogP contribution >= 0.6 is 12.2 Å². The molecule has 1 saturated heterocycles. The van der Waals surface area contributed by atoms with Gasteiger partial charge in [0.25, 0.3) is 0 Å². The molecule has 2 N–H and O–H groups in total. The van der Waals surface area contributed by atoms with Gasteiger partial charge in [-0.1, -0.05) is 19.9 Å². The molecule has 154 valence electrons. The normalized spacial score (nSPS) is 18.6. The highest BCUT2D eigenvalue weighted by Crippen LogP contribution is 2.39. The zero-order valence-corrected chi connectivity index (χ0v) is 17.7. The smallest absolute Gasteiger partial charge is 0.335 e. The molecule has 0 aliphatic carbocycles. The number of aromatic carboxylic acids is 1. The summed E-state index contributed by atoms with van der Waals surface area (Å²) in [6, 6.07) is 16.8. The molecule has 0 unspecified atom stereocenters. The van der Waals surface area contributed by atoms with Crippen molar-refractivity contribution in [1.29, 1.82) is 0 Å². The van der Waals surface area contributed by atoms with E-state index in [0.717, 1.165) is 28.7 Å². The van der Waals surface area contributed by atoms with Crippen LogP contribution in [0, 0.1) is 5.92 Å². The number of aromatic nitrogens is 2. The summed E-state index contributed by atoms with van der Waals surface area (Å²) in [5.41, 5.74) is 3.18. The van der Waals surface area contributed by atoms with Gasteiger partial charge in [-0.2, -0.15) is 0 Å². The predicted octanol–water partition coefficient (Wildman–Crippen LogP) is 4.20. The Kier molecular flexibility index (Phi) is 5.55. The molecule has 7 heteroatoms. The van der Waals surface area contributed by atoms with Gasteiger partial charge in [-0.05, 0) is 66.7 Å². The molecule has 1 aromatic carbocycles. The maximum absolute atomic E-state index is 11.2. The molecule has 2 atom stereocenters. The Morgan fingerprint density at radius 1 is 1.17 bits per heavy atom. The Balaban J connectivity index is 1.78. The fourth-order valence-electron chi connectivity index (χ4n) is 3.95.